The van der Waals surface area contributed by atoms with Crippen LogP contribution in [0.4, 0.5) is 17.1 Å². The quantitative estimate of drug-likeness (QED) is 0.190. The largest absolute Gasteiger partial charge is 0.381 e. The fourth-order valence-corrected chi connectivity index (χ4v) is 4.18. The van der Waals surface area contributed by atoms with Gasteiger partial charge in [0, 0.05) is 35.6 Å². The lowest BCUT2D eigenvalue weighted by Crippen LogP contribution is -2.14. The number of non-ortho nitro benzene ring substituents is 1. The maximum absolute atomic E-state index is 12.8. The number of para-hydroxylation sites is 1. The Labute approximate surface area is 179 Å². The minimum absolute atomic E-state index is 0.0585. The first-order valence-electron chi connectivity index (χ1n) is 8.76. The fraction of sp³-hybridized carbons (Fsp3) is 0.0526. The van der Waals surface area contributed by atoms with Gasteiger partial charge in [-0.05, 0) is 42.5 Å². The second kappa shape index (κ2) is 9.45. The van der Waals surface area contributed by atoms with E-state index in [2.05, 4.69) is 10.0 Å². The van der Waals surface area contributed by atoms with E-state index < -0.39 is 25.9 Å². The van der Waals surface area contributed by atoms with Gasteiger partial charge in [0.25, 0.3) is 5.69 Å². The van der Waals surface area contributed by atoms with Crippen molar-refractivity contribution in [2.45, 2.75) is 11.4 Å². The summed E-state index contributed by atoms with van der Waals surface area (Å²) in [5.74, 6) is 0.111. The summed E-state index contributed by atoms with van der Waals surface area (Å²) in [7, 11) is -7.04. The van der Waals surface area contributed by atoms with Crippen LogP contribution in [0.1, 0.15) is 5.56 Å². The van der Waals surface area contributed by atoms with E-state index in [0.29, 0.717) is 11.4 Å². The average Bonchev–Trinajstić information content (AvgIpc) is 2.73. The van der Waals surface area contributed by atoms with Gasteiger partial charge < -0.3 is 9.50 Å². The Balaban J connectivity index is 1.87. The Bertz CT molecular complexity index is 1250. The molecule has 31 heavy (non-hydrogen) atoms. The van der Waals surface area contributed by atoms with E-state index in [4.69, 9.17) is 4.18 Å². The van der Waals surface area contributed by atoms with Crippen LogP contribution in [0.25, 0.3) is 0 Å². The number of benzene rings is 3. The summed E-state index contributed by atoms with van der Waals surface area (Å²) in [5, 5.41) is 14.1. The van der Waals surface area contributed by atoms with Crippen molar-refractivity contribution < 1.29 is 25.9 Å². The fourth-order valence-electron chi connectivity index (χ4n) is 2.67. The lowest BCUT2D eigenvalue weighted by molar-refractivity contribution is -0.385. The minimum atomic E-state index is -4.25. The van der Waals surface area contributed by atoms with E-state index in [1.54, 1.807) is 30.3 Å². The number of nitrogens with one attached hydrogen (secondary N) is 2. The predicted octanol–water partition coefficient (Wildman–Crippen LogP) is 2.91. The van der Waals surface area contributed by atoms with Gasteiger partial charge in [-0.25, -0.2) is 8.42 Å². The van der Waals surface area contributed by atoms with Crippen molar-refractivity contribution in [2.75, 3.05) is 10.0 Å². The van der Waals surface area contributed by atoms with Gasteiger partial charge in [-0.2, -0.15) is 8.42 Å². The molecule has 0 aliphatic heterocycles. The molecule has 0 bridgehead atoms. The Hall–Kier alpha value is -3.64. The topological polar surface area (TPSA) is 145 Å². The standard InChI is InChI=1S/C19H17N3O7S2/c23-22(24)17-10-11-19(31(27,28)29-18-4-2-1-3-5-18)14(12-17)13-20-15-6-8-16(9-7-15)21-30(25)26/h1-12,20,30H,13H2,(H,21,25,26). The van der Waals surface area contributed by atoms with Crippen LogP contribution < -0.4 is 14.2 Å². The van der Waals surface area contributed by atoms with E-state index in [1.807, 2.05) is 0 Å². The third-order valence-electron chi connectivity index (χ3n) is 4.06. The monoisotopic (exact) mass is 463 g/mol. The van der Waals surface area contributed by atoms with Crippen molar-refractivity contribution in [3.8, 4) is 5.75 Å². The summed E-state index contributed by atoms with van der Waals surface area (Å²) in [6.07, 6.45) is 0. The molecule has 0 saturated heterocycles. The average molecular weight is 463 g/mol. The third kappa shape index (κ3) is 5.93. The molecule has 10 nitrogen and oxygen atoms in total. The molecule has 12 heteroatoms. The smallest absolute Gasteiger partial charge is 0.339 e. The van der Waals surface area contributed by atoms with Gasteiger partial charge in [0.05, 0.1) is 4.92 Å². The molecule has 0 aliphatic rings. The van der Waals surface area contributed by atoms with Gasteiger partial charge in [0.1, 0.15) is 10.6 Å². The first-order chi connectivity index (χ1) is 14.7. The Morgan fingerprint density at radius 1 is 0.935 bits per heavy atom. The van der Waals surface area contributed by atoms with E-state index in [1.165, 1.54) is 24.3 Å². The number of thiol groups is 1. The molecule has 0 radical (unpaired) electrons. The Kier molecular flexibility index (Phi) is 6.72. The normalized spacial score (nSPS) is 11.1. The van der Waals surface area contributed by atoms with Crippen LogP contribution in [0.15, 0.2) is 77.7 Å². The zero-order valence-electron chi connectivity index (χ0n) is 15.8. The summed E-state index contributed by atoms with van der Waals surface area (Å²) >= 11 is 0. The number of rotatable bonds is 9. The number of hydrogen-bond donors (Lipinski definition) is 3. The number of hydrogen-bond acceptors (Lipinski definition) is 8. The number of nitro benzene ring substituents is 1. The molecule has 3 aromatic rings. The molecule has 3 aromatic carbocycles. The minimum Gasteiger partial charge on any atom is -0.381 e. The van der Waals surface area contributed by atoms with Crippen LogP contribution in [0.5, 0.6) is 5.75 Å². The number of anilines is 2. The van der Waals surface area contributed by atoms with Crippen molar-refractivity contribution >= 4 is 38.1 Å². The zero-order valence-corrected chi connectivity index (χ0v) is 17.5. The van der Waals surface area contributed by atoms with Crippen LogP contribution in [0, 0.1) is 10.1 Å². The van der Waals surface area contributed by atoms with Gasteiger partial charge in [-0.15, -0.1) is 0 Å². The molecule has 0 spiro atoms. The van der Waals surface area contributed by atoms with E-state index in [-0.39, 0.29) is 28.4 Å². The molecule has 0 aliphatic carbocycles. The van der Waals surface area contributed by atoms with Gasteiger partial charge in [-0.3, -0.25) is 14.8 Å². The predicted molar refractivity (Wildman–Crippen MR) is 115 cm³/mol. The van der Waals surface area contributed by atoms with Crippen LogP contribution in [0.3, 0.4) is 0 Å². The van der Waals surface area contributed by atoms with Crippen LogP contribution in [-0.4, -0.2) is 21.8 Å². The molecule has 162 valence electrons. The van der Waals surface area contributed by atoms with Gasteiger partial charge in [-0.1, -0.05) is 18.2 Å². The second-order valence-electron chi connectivity index (χ2n) is 6.20. The number of nitro groups is 1. The molecule has 0 aromatic heterocycles. The van der Waals surface area contributed by atoms with Crippen molar-refractivity contribution in [3.05, 3.63) is 88.5 Å². The van der Waals surface area contributed by atoms with Crippen molar-refractivity contribution in [1.82, 2.24) is 0 Å². The summed E-state index contributed by atoms with van der Waals surface area (Å²) < 4.78 is 54.3. The molecule has 0 atom stereocenters. The Morgan fingerprint density at radius 3 is 2.19 bits per heavy atom. The summed E-state index contributed by atoms with van der Waals surface area (Å²) in [5.41, 5.74) is 0.770. The van der Waals surface area contributed by atoms with Gasteiger partial charge >= 0.3 is 10.1 Å². The van der Waals surface area contributed by atoms with Gasteiger partial charge in [0.2, 0.25) is 10.9 Å². The van der Waals surface area contributed by atoms with Gasteiger partial charge in [0.15, 0.2) is 0 Å². The molecular formula is C19H17N3O7S2. The molecular weight excluding hydrogens is 446 g/mol. The van der Waals surface area contributed by atoms with Crippen molar-refractivity contribution in [2.24, 2.45) is 0 Å². The molecule has 2 N–H and O–H groups in total. The second-order valence-corrected chi connectivity index (χ2v) is 8.45. The maximum Gasteiger partial charge on any atom is 0.339 e. The Morgan fingerprint density at radius 2 is 1.58 bits per heavy atom. The maximum atomic E-state index is 12.8. The highest BCUT2D eigenvalue weighted by atomic mass is 32.2. The summed E-state index contributed by atoms with van der Waals surface area (Å²) in [4.78, 5) is 10.3. The SMILES string of the molecule is O=[N+]([O-])c1ccc(S(=O)(=O)Oc2ccccc2)c(CNc2ccc(N[SH](=O)=O)cc2)c1. The molecule has 0 heterocycles. The highest BCUT2D eigenvalue weighted by Crippen LogP contribution is 2.26. The summed E-state index contributed by atoms with van der Waals surface area (Å²) in [6.45, 7) is -0.0585. The van der Waals surface area contributed by atoms with Crippen LogP contribution in [-0.2, 0) is 27.6 Å². The molecule has 3 rings (SSSR count). The highest BCUT2D eigenvalue weighted by molar-refractivity contribution is 7.87. The lowest BCUT2D eigenvalue weighted by atomic mass is 10.2. The highest BCUT2D eigenvalue weighted by Gasteiger charge is 2.23. The molecule has 0 saturated carbocycles. The molecule has 0 amide bonds. The van der Waals surface area contributed by atoms with Crippen molar-refractivity contribution in [1.29, 1.82) is 0 Å². The van der Waals surface area contributed by atoms with Crippen molar-refractivity contribution in [3.63, 3.8) is 0 Å². The van der Waals surface area contributed by atoms with Crippen LogP contribution >= 0.6 is 0 Å². The first-order valence-corrected chi connectivity index (χ1v) is 11.3. The lowest BCUT2D eigenvalue weighted by Gasteiger charge is -2.13. The zero-order chi connectivity index (χ0) is 22.4. The molecule has 0 fully saturated rings. The van der Waals surface area contributed by atoms with E-state index in [9.17, 15) is 26.9 Å². The third-order valence-corrected chi connectivity index (χ3v) is 5.85. The van der Waals surface area contributed by atoms with E-state index in [0.717, 1.165) is 18.2 Å². The first kappa shape index (κ1) is 22.1. The number of nitrogens with zero attached hydrogens (tertiary/aromatic N) is 1. The molecule has 0 unspecified atom stereocenters. The van der Waals surface area contributed by atoms with Crippen LogP contribution in [0.2, 0.25) is 0 Å². The summed E-state index contributed by atoms with van der Waals surface area (Å²) in [6, 6.07) is 17.5. The van der Waals surface area contributed by atoms with E-state index >= 15 is 0 Å².